The van der Waals surface area contributed by atoms with Crippen LogP contribution in [0, 0.1) is 28.6 Å². The van der Waals surface area contributed by atoms with Crippen molar-refractivity contribution >= 4 is 0 Å². The molecule has 8 nitrogen and oxygen atoms in total. The minimum atomic E-state index is -1.25. The third-order valence-corrected chi connectivity index (χ3v) is 11.7. The number of ether oxygens (including phenoxy) is 4. The fourth-order valence-electron chi connectivity index (χ4n) is 11.2. The van der Waals surface area contributed by atoms with Crippen molar-refractivity contribution in [1.29, 1.82) is 0 Å². The highest BCUT2D eigenvalue weighted by Crippen LogP contribution is 2.83. The van der Waals surface area contributed by atoms with Crippen molar-refractivity contribution in [2.45, 2.75) is 86.8 Å². The highest BCUT2D eigenvalue weighted by Gasteiger charge is 2.96. The molecule has 13 atom stereocenters. The Morgan fingerprint density at radius 2 is 1.88 bits per heavy atom. The first-order valence-corrected chi connectivity index (χ1v) is 12.4. The summed E-state index contributed by atoms with van der Waals surface area (Å²) < 4.78 is 25.2. The molecule has 0 radical (unpaired) electrons. The van der Waals surface area contributed by atoms with Crippen LogP contribution < -0.4 is 0 Å². The summed E-state index contributed by atoms with van der Waals surface area (Å²) in [6, 6.07) is -0.247. The number of hydrogen-bond donors (Lipinski definition) is 3. The van der Waals surface area contributed by atoms with Crippen LogP contribution in [0.3, 0.4) is 0 Å². The molecule has 5 saturated carbocycles. The third kappa shape index (κ3) is 1.68. The highest BCUT2D eigenvalue weighted by atomic mass is 16.7. The Morgan fingerprint density at radius 3 is 2.56 bits per heavy atom. The largest absolute Gasteiger partial charge is 0.392 e. The molecule has 3 spiro atoms. The van der Waals surface area contributed by atoms with Gasteiger partial charge in [0.2, 0.25) is 0 Å². The summed E-state index contributed by atoms with van der Waals surface area (Å²) in [4.78, 5) is 2.43. The van der Waals surface area contributed by atoms with Crippen LogP contribution in [0.25, 0.3) is 0 Å². The van der Waals surface area contributed by atoms with Gasteiger partial charge in [-0.25, -0.2) is 0 Å². The van der Waals surface area contributed by atoms with Crippen LogP contribution in [0.15, 0.2) is 0 Å². The molecule has 8 heteroatoms. The Hall–Kier alpha value is -0.320. The monoisotopic (exact) mass is 451 g/mol. The van der Waals surface area contributed by atoms with E-state index in [1.165, 1.54) is 0 Å². The summed E-state index contributed by atoms with van der Waals surface area (Å²) in [5.74, 6) is -0.904. The van der Waals surface area contributed by atoms with Crippen LogP contribution in [0.2, 0.25) is 0 Å². The predicted octanol–water partition coefficient (Wildman–Crippen LogP) is 0.125. The van der Waals surface area contributed by atoms with Gasteiger partial charge in [-0.05, 0) is 31.2 Å². The molecule has 7 rings (SSSR count). The molecular formula is C24H37NO7. The van der Waals surface area contributed by atoms with Gasteiger partial charge in [-0.15, -0.1) is 0 Å². The zero-order chi connectivity index (χ0) is 22.5. The lowest BCUT2D eigenvalue weighted by atomic mass is 9.41. The lowest BCUT2D eigenvalue weighted by Gasteiger charge is -2.71. The van der Waals surface area contributed by atoms with E-state index in [1.807, 2.05) is 0 Å². The molecule has 0 aromatic carbocycles. The Morgan fingerprint density at radius 1 is 1.09 bits per heavy atom. The average molecular weight is 452 g/mol. The van der Waals surface area contributed by atoms with E-state index in [9.17, 15) is 15.3 Å². The topological polar surface area (TPSA) is 101 Å². The molecule has 0 amide bonds. The SMILES string of the molecule is CCN1CC2(C)CC[C@H](OC)[C@]34C2[C@H](O)C2(OCO[C@@]25C[C@H](OC)[C@H]2C[C@]3(O)C5[C@H]2O)C14. The van der Waals surface area contributed by atoms with E-state index in [-0.39, 0.29) is 42.3 Å². The van der Waals surface area contributed by atoms with E-state index >= 15 is 0 Å². The third-order valence-electron chi connectivity index (χ3n) is 11.7. The number of likely N-dealkylation sites (N-methyl/N-ethyl adjacent to an activating group) is 1. The van der Waals surface area contributed by atoms with Crippen molar-refractivity contribution in [3.63, 3.8) is 0 Å². The summed E-state index contributed by atoms with van der Waals surface area (Å²) in [5.41, 5.74) is -4.21. The fraction of sp³-hybridized carbons (Fsp3) is 1.00. The molecule has 7 bridgehead atoms. The van der Waals surface area contributed by atoms with Gasteiger partial charge in [0, 0.05) is 44.9 Å². The first-order chi connectivity index (χ1) is 15.2. The van der Waals surface area contributed by atoms with Crippen molar-refractivity contribution in [3.8, 4) is 0 Å². The Bertz CT molecular complexity index is 858. The van der Waals surface area contributed by atoms with Crippen LogP contribution in [0.1, 0.15) is 39.5 Å². The summed E-state index contributed by atoms with van der Waals surface area (Å²) in [6.07, 6.45) is 0.630. The van der Waals surface area contributed by atoms with Gasteiger partial charge in [-0.3, -0.25) is 4.90 Å². The molecule has 5 aliphatic carbocycles. The number of nitrogens with zero attached hydrogens (tertiary/aromatic N) is 1. The van der Waals surface area contributed by atoms with Crippen LogP contribution in [-0.4, -0.2) is 102 Å². The minimum Gasteiger partial charge on any atom is -0.392 e. The Kier molecular flexibility index (Phi) is 3.87. The number of aliphatic hydroxyl groups excluding tert-OH is 2. The molecule has 0 aromatic heterocycles. The van der Waals surface area contributed by atoms with Gasteiger partial charge >= 0.3 is 0 Å². The molecule has 5 unspecified atom stereocenters. The van der Waals surface area contributed by atoms with Gasteiger partial charge in [-0.2, -0.15) is 0 Å². The molecule has 7 fully saturated rings. The molecule has 7 aliphatic rings. The zero-order valence-electron chi connectivity index (χ0n) is 19.5. The molecule has 3 N–H and O–H groups in total. The Labute approximate surface area is 189 Å². The predicted molar refractivity (Wildman–Crippen MR) is 112 cm³/mol. The smallest absolute Gasteiger partial charge is 0.148 e. The maximum Gasteiger partial charge on any atom is 0.148 e. The quantitative estimate of drug-likeness (QED) is 0.557. The maximum atomic E-state index is 13.0. The van der Waals surface area contributed by atoms with E-state index < -0.39 is 40.3 Å². The van der Waals surface area contributed by atoms with Crippen LogP contribution in [0.4, 0.5) is 0 Å². The average Bonchev–Trinajstić information content (AvgIpc) is 3.29. The van der Waals surface area contributed by atoms with Crippen molar-refractivity contribution in [2.24, 2.45) is 28.6 Å². The Balaban J connectivity index is 1.60. The van der Waals surface area contributed by atoms with E-state index in [4.69, 9.17) is 18.9 Å². The second kappa shape index (κ2) is 5.90. The molecule has 2 heterocycles. The number of likely N-dealkylation sites (tertiary alicyclic amines) is 1. The van der Waals surface area contributed by atoms with Gasteiger partial charge in [0.05, 0.1) is 41.5 Å². The number of piperidine rings is 1. The zero-order valence-corrected chi connectivity index (χ0v) is 19.5. The number of methoxy groups -OCH3 is 2. The molecule has 32 heavy (non-hydrogen) atoms. The second-order valence-electron chi connectivity index (χ2n) is 12.1. The lowest BCUT2D eigenvalue weighted by molar-refractivity contribution is -0.331. The molecular weight excluding hydrogens is 414 g/mol. The van der Waals surface area contributed by atoms with Crippen molar-refractivity contribution in [3.05, 3.63) is 0 Å². The number of rotatable bonds is 3. The van der Waals surface area contributed by atoms with E-state index in [1.54, 1.807) is 14.2 Å². The van der Waals surface area contributed by atoms with E-state index in [2.05, 4.69) is 18.7 Å². The molecule has 180 valence electrons. The van der Waals surface area contributed by atoms with Gasteiger partial charge in [0.15, 0.2) is 0 Å². The van der Waals surface area contributed by atoms with Crippen LogP contribution >= 0.6 is 0 Å². The van der Waals surface area contributed by atoms with Crippen LogP contribution in [0.5, 0.6) is 0 Å². The van der Waals surface area contributed by atoms with Crippen molar-refractivity contribution in [2.75, 3.05) is 34.1 Å². The van der Waals surface area contributed by atoms with Gasteiger partial charge in [0.1, 0.15) is 18.0 Å². The second-order valence-corrected chi connectivity index (χ2v) is 12.1. The number of aliphatic hydroxyl groups is 3. The van der Waals surface area contributed by atoms with Crippen molar-refractivity contribution < 1.29 is 34.3 Å². The van der Waals surface area contributed by atoms with E-state index in [0.717, 1.165) is 25.9 Å². The first kappa shape index (κ1) is 21.0. The summed E-state index contributed by atoms with van der Waals surface area (Å²) in [5, 5.41) is 37.0. The van der Waals surface area contributed by atoms with Gasteiger partial charge < -0.3 is 34.3 Å². The molecule has 2 aliphatic heterocycles. The van der Waals surface area contributed by atoms with Gasteiger partial charge in [0.25, 0.3) is 0 Å². The number of fused-ring (bicyclic) bond motifs is 1. The van der Waals surface area contributed by atoms with Crippen molar-refractivity contribution in [1.82, 2.24) is 4.90 Å². The molecule has 0 aromatic rings. The molecule has 2 saturated heterocycles. The summed E-state index contributed by atoms with van der Waals surface area (Å²) >= 11 is 0. The summed E-state index contributed by atoms with van der Waals surface area (Å²) in [6.45, 7) is 6.13. The normalized spacial score (nSPS) is 66.5. The van der Waals surface area contributed by atoms with Crippen LogP contribution in [-0.2, 0) is 18.9 Å². The first-order valence-electron chi connectivity index (χ1n) is 12.4. The standard InChI is InChI=1S/C24H37NO7/c1-5-25-10-20(2)7-6-14(30-4)23-17(20)18(27)24(19(23)25)22(31-11-32-24)9-13(29-3)12-8-21(23,28)16(22)15(12)26/h12-19,26-28H,5-11H2,1-4H3/t12-,13+,14+,15+,16?,17?,18+,19?,20?,21+,22-,23-,24?/m1/s1. The summed E-state index contributed by atoms with van der Waals surface area (Å²) in [7, 11) is 3.40. The fourth-order valence-corrected chi connectivity index (χ4v) is 11.2. The van der Waals surface area contributed by atoms with Gasteiger partial charge in [-0.1, -0.05) is 13.8 Å². The highest BCUT2D eigenvalue weighted by molar-refractivity contribution is 5.46. The minimum absolute atomic E-state index is 0.0582. The lowest BCUT2D eigenvalue weighted by Crippen LogP contribution is -2.85. The maximum absolute atomic E-state index is 13.0. The number of hydrogen-bond acceptors (Lipinski definition) is 8. The van der Waals surface area contributed by atoms with E-state index in [0.29, 0.717) is 12.8 Å².